The number of fused-ring (bicyclic) bond motifs is 7. The number of halogens is 1. The average Bonchev–Trinajstić information content (AvgIpc) is 2.64. The van der Waals surface area contributed by atoms with Gasteiger partial charge in [0.1, 0.15) is 6.10 Å². The average molecular weight is 398 g/mol. The molecule has 144 valence electrons. The number of benzene rings is 2. The molecule has 0 radical (unpaired) electrons. The van der Waals surface area contributed by atoms with Crippen LogP contribution in [0.4, 0.5) is 5.69 Å². The van der Waals surface area contributed by atoms with Crippen LogP contribution in [0, 0.1) is 6.92 Å². The van der Waals surface area contributed by atoms with Crippen molar-refractivity contribution in [2.24, 2.45) is 0 Å². The molecule has 4 atom stereocenters. The maximum atomic E-state index is 13.4. The van der Waals surface area contributed by atoms with Crippen molar-refractivity contribution >= 4 is 28.9 Å². The second kappa shape index (κ2) is 5.66. The molecule has 0 unspecified atom stereocenters. The zero-order chi connectivity index (χ0) is 20.0. The Bertz CT molecular complexity index is 1080. The third-order valence-corrected chi connectivity index (χ3v) is 6.57. The normalized spacial score (nSPS) is 30.2. The minimum atomic E-state index is -0.743. The third kappa shape index (κ3) is 2.21. The number of aliphatic hydroxyl groups is 1. The number of ketones is 2. The Labute approximate surface area is 167 Å². The zero-order valence-electron chi connectivity index (χ0n) is 15.8. The van der Waals surface area contributed by atoms with E-state index in [0.29, 0.717) is 23.2 Å². The third-order valence-electron chi connectivity index (χ3n) is 6.27. The van der Waals surface area contributed by atoms with Crippen molar-refractivity contribution in [2.75, 3.05) is 5.32 Å². The summed E-state index contributed by atoms with van der Waals surface area (Å²) < 4.78 is 6.01. The molecule has 0 amide bonds. The molecule has 2 aliphatic heterocycles. The van der Waals surface area contributed by atoms with Crippen molar-refractivity contribution in [3.05, 3.63) is 62.7 Å². The van der Waals surface area contributed by atoms with E-state index in [0.717, 1.165) is 11.1 Å². The maximum Gasteiger partial charge on any atom is 0.196 e. The van der Waals surface area contributed by atoms with Crippen molar-refractivity contribution in [3.8, 4) is 0 Å². The summed E-state index contributed by atoms with van der Waals surface area (Å²) in [5.41, 5.74) is 2.82. The number of ether oxygens (including phenoxy) is 1. The fraction of sp³-hybridized carbons (Fsp3) is 0.364. The molecule has 2 N–H and O–H groups in total. The van der Waals surface area contributed by atoms with Crippen molar-refractivity contribution < 1.29 is 19.4 Å². The van der Waals surface area contributed by atoms with E-state index in [4.69, 9.17) is 16.3 Å². The van der Waals surface area contributed by atoms with E-state index in [-0.39, 0.29) is 39.9 Å². The number of hydrogen-bond donors (Lipinski definition) is 2. The number of carbonyl (C=O) groups is 2. The van der Waals surface area contributed by atoms with Crippen LogP contribution >= 0.6 is 11.6 Å². The van der Waals surface area contributed by atoms with Gasteiger partial charge in [-0.1, -0.05) is 29.3 Å². The first-order chi connectivity index (χ1) is 13.2. The number of aliphatic hydroxyl groups excluding tert-OH is 1. The van der Waals surface area contributed by atoms with Crippen LogP contribution in [0.2, 0.25) is 5.02 Å². The molecule has 3 aliphatic rings. The van der Waals surface area contributed by atoms with Crippen LogP contribution in [0.1, 0.15) is 69.3 Å². The van der Waals surface area contributed by atoms with E-state index in [1.807, 2.05) is 26.8 Å². The van der Waals surface area contributed by atoms with Crippen LogP contribution in [0.15, 0.2) is 24.3 Å². The van der Waals surface area contributed by atoms with Gasteiger partial charge >= 0.3 is 0 Å². The minimum absolute atomic E-state index is 0.224. The second-order valence-electron chi connectivity index (χ2n) is 8.30. The molecule has 28 heavy (non-hydrogen) atoms. The van der Waals surface area contributed by atoms with Crippen LogP contribution in [-0.4, -0.2) is 34.4 Å². The second-order valence-corrected chi connectivity index (χ2v) is 8.71. The van der Waals surface area contributed by atoms with Gasteiger partial charge in [0.25, 0.3) is 0 Å². The van der Waals surface area contributed by atoms with Gasteiger partial charge < -0.3 is 15.2 Å². The predicted molar refractivity (Wildman–Crippen MR) is 105 cm³/mol. The molecule has 1 saturated heterocycles. The lowest BCUT2D eigenvalue weighted by Crippen LogP contribution is -2.59. The number of rotatable bonds is 0. The van der Waals surface area contributed by atoms with E-state index in [1.54, 1.807) is 18.2 Å². The molecule has 5 rings (SSSR count). The van der Waals surface area contributed by atoms with Gasteiger partial charge in [0.2, 0.25) is 0 Å². The summed E-state index contributed by atoms with van der Waals surface area (Å²) in [5.74, 6) is -0.486. The first kappa shape index (κ1) is 17.9. The SMILES string of the molecule is Cc1ccc2c(c1)C(=O)c1c(Cl)cc3c(c1C2=O)N[C@]1(C)C[C@H]3O[C@@H](C)[C@@H]1O. The Morgan fingerprint density at radius 2 is 1.89 bits per heavy atom. The van der Waals surface area contributed by atoms with Gasteiger partial charge in [0.15, 0.2) is 11.6 Å². The summed E-state index contributed by atoms with van der Waals surface area (Å²) in [4.78, 5) is 26.6. The highest BCUT2D eigenvalue weighted by molar-refractivity contribution is 6.40. The summed E-state index contributed by atoms with van der Waals surface area (Å²) >= 11 is 6.52. The number of aryl methyl sites for hydroxylation is 1. The molecule has 1 aliphatic carbocycles. The quantitative estimate of drug-likeness (QED) is 0.603. The van der Waals surface area contributed by atoms with Crippen LogP contribution in [-0.2, 0) is 4.74 Å². The number of anilines is 1. The van der Waals surface area contributed by atoms with Gasteiger partial charge in [0, 0.05) is 23.1 Å². The molecular weight excluding hydrogens is 378 g/mol. The van der Waals surface area contributed by atoms with Gasteiger partial charge in [0.05, 0.1) is 39.6 Å². The van der Waals surface area contributed by atoms with Crippen LogP contribution in [0.25, 0.3) is 0 Å². The van der Waals surface area contributed by atoms with Crippen LogP contribution in [0.5, 0.6) is 0 Å². The fourth-order valence-electron chi connectivity index (χ4n) is 4.82. The highest BCUT2D eigenvalue weighted by Crippen LogP contribution is 2.50. The topological polar surface area (TPSA) is 75.6 Å². The number of nitrogens with one attached hydrogen (secondary N) is 1. The lowest BCUT2D eigenvalue weighted by atomic mass is 9.74. The number of hydrogen-bond acceptors (Lipinski definition) is 5. The Morgan fingerprint density at radius 1 is 1.18 bits per heavy atom. The van der Waals surface area contributed by atoms with Crippen LogP contribution in [0.3, 0.4) is 0 Å². The van der Waals surface area contributed by atoms with Crippen LogP contribution < -0.4 is 5.32 Å². The number of carbonyl (C=O) groups excluding carboxylic acids is 2. The highest BCUT2D eigenvalue weighted by atomic mass is 35.5. The molecule has 2 aromatic rings. The zero-order valence-corrected chi connectivity index (χ0v) is 16.6. The first-order valence-corrected chi connectivity index (χ1v) is 9.77. The molecule has 0 aromatic heterocycles. The molecule has 0 saturated carbocycles. The molecule has 5 nitrogen and oxygen atoms in total. The van der Waals surface area contributed by atoms with Gasteiger partial charge in [-0.3, -0.25) is 9.59 Å². The van der Waals surface area contributed by atoms with Gasteiger partial charge in [-0.05, 0) is 32.9 Å². The summed E-state index contributed by atoms with van der Waals surface area (Å²) in [6, 6.07) is 6.97. The first-order valence-electron chi connectivity index (χ1n) is 9.39. The molecule has 2 heterocycles. The summed E-state index contributed by atoms with van der Waals surface area (Å²) in [7, 11) is 0. The molecule has 2 bridgehead atoms. The summed E-state index contributed by atoms with van der Waals surface area (Å²) in [6.45, 7) is 5.63. The van der Waals surface area contributed by atoms with Crippen molar-refractivity contribution in [1.82, 2.24) is 0 Å². The Morgan fingerprint density at radius 3 is 2.64 bits per heavy atom. The standard InChI is InChI=1S/C22H20ClNO4/c1-9-4-5-11-12(6-9)20(26)16-14(23)7-13-15-8-22(3,21(27)10(2)28-15)24-18(13)17(16)19(11)25/h4-7,10,15,21,24,27H,8H2,1-3H3/t10-,15+,21-,22+/m0/s1. The predicted octanol–water partition coefficient (Wildman–Crippen LogP) is 3.82. The molecule has 6 heteroatoms. The monoisotopic (exact) mass is 397 g/mol. The molecular formula is C22H20ClNO4. The summed E-state index contributed by atoms with van der Waals surface area (Å²) in [5, 5.41) is 14.3. The lowest BCUT2D eigenvalue weighted by Gasteiger charge is -2.51. The van der Waals surface area contributed by atoms with Gasteiger partial charge in [-0.25, -0.2) is 0 Å². The van der Waals surface area contributed by atoms with Crippen molar-refractivity contribution in [2.45, 2.75) is 51.0 Å². The largest absolute Gasteiger partial charge is 0.388 e. The molecule has 2 aromatic carbocycles. The smallest absolute Gasteiger partial charge is 0.196 e. The van der Waals surface area contributed by atoms with E-state index in [2.05, 4.69) is 5.32 Å². The Balaban J connectivity index is 1.78. The molecule has 0 spiro atoms. The maximum absolute atomic E-state index is 13.4. The van der Waals surface area contributed by atoms with Crippen molar-refractivity contribution in [1.29, 1.82) is 0 Å². The lowest BCUT2D eigenvalue weighted by molar-refractivity contribution is -0.142. The highest BCUT2D eigenvalue weighted by Gasteiger charge is 2.50. The summed E-state index contributed by atoms with van der Waals surface area (Å²) in [6.07, 6.45) is -0.851. The Kier molecular flexibility index (Phi) is 3.61. The van der Waals surface area contributed by atoms with Gasteiger partial charge in [-0.2, -0.15) is 0 Å². The van der Waals surface area contributed by atoms with E-state index < -0.39 is 11.6 Å². The van der Waals surface area contributed by atoms with Gasteiger partial charge in [-0.15, -0.1) is 0 Å². The fourth-order valence-corrected chi connectivity index (χ4v) is 5.12. The van der Waals surface area contributed by atoms with Crippen molar-refractivity contribution in [3.63, 3.8) is 0 Å². The minimum Gasteiger partial charge on any atom is -0.388 e. The Hall–Kier alpha value is -2.21. The van der Waals surface area contributed by atoms with E-state index >= 15 is 0 Å². The van der Waals surface area contributed by atoms with E-state index in [1.165, 1.54) is 0 Å². The van der Waals surface area contributed by atoms with E-state index in [9.17, 15) is 14.7 Å². The molecule has 1 fully saturated rings.